The van der Waals surface area contributed by atoms with E-state index in [4.69, 9.17) is 0 Å². The molecular formula is C13H25NO. The van der Waals surface area contributed by atoms with Crippen LogP contribution in [0.5, 0.6) is 0 Å². The molecule has 0 heterocycles. The standard InChI is InChI=1S/C13H25NO/c1-5-10(2)14-12(15)11-8-6-7-9-13(11,3)4/h10-11H,5-9H2,1-4H3,(H,14,15). The SMILES string of the molecule is CCC(C)NC(=O)C1CCCCC1(C)C. The van der Waals surface area contributed by atoms with Crippen LogP contribution < -0.4 is 5.32 Å². The molecule has 88 valence electrons. The average molecular weight is 211 g/mol. The lowest BCUT2D eigenvalue weighted by Crippen LogP contribution is -2.44. The zero-order valence-electron chi connectivity index (χ0n) is 10.6. The minimum absolute atomic E-state index is 0.190. The van der Waals surface area contributed by atoms with Crippen LogP contribution >= 0.6 is 0 Å². The fourth-order valence-corrected chi connectivity index (χ4v) is 2.43. The lowest BCUT2D eigenvalue weighted by molar-refractivity contribution is -0.130. The third-order valence-corrected chi connectivity index (χ3v) is 3.82. The summed E-state index contributed by atoms with van der Waals surface area (Å²) in [6.07, 6.45) is 5.75. The van der Waals surface area contributed by atoms with Crippen molar-refractivity contribution in [3.63, 3.8) is 0 Å². The van der Waals surface area contributed by atoms with Crippen LogP contribution in [-0.4, -0.2) is 11.9 Å². The normalized spacial score (nSPS) is 27.1. The second-order valence-corrected chi connectivity index (χ2v) is 5.60. The Morgan fingerprint density at radius 2 is 2.13 bits per heavy atom. The Kier molecular flexibility index (Phi) is 4.18. The van der Waals surface area contributed by atoms with E-state index in [1.807, 2.05) is 0 Å². The van der Waals surface area contributed by atoms with Gasteiger partial charge in [0.15, 0.2) is 0 Å². The molecule has 1 saturated carbocycles. The summed E-state index contributed by atoms with van der Waals surface area (Å²) in [7, 11) is 0. The van der Waals surface area contributed by atoms with Crippen molar-refractivity contribution in [2.45, 2.75) is 65.8 Å². The molecule has 1 aliphatic rings. The molecule has 0 spiro atoms. The summed E-state index contributed by atoms with van der Waals surface area (Å²) >= 11 is 0. The van der Waals surface area contributed by atoms with E-state index in [1.165, 1.54) is 19.3 Å². The summed E-state index contributed by atoms with van der Waals surface area (Å²) in [5, 5.41) is 3.12. The number of carbonyl (C=O) groups excluding carboxylic acids is 1. The predicted octanol–water partition coefficient (Wildman–Crippen LogP) is 3.12. The summed E-state index contributed by atoms with van der Waals surface area (Å²) in [5.74, 6) is 0.495. The van der Waals surface area contributed by atoms with E-state index in [0.29, 0.717) is 6.04 Å². The molecule has 1 aliphatic carbocycles. The zero-order chi connectivity index (χ0) is 11.5. The minimum atomic E-state index is 0.190. The van der Waals surface area contributed by atoms with Crippen molar-refractivity contribution in [2.75, 3.05) is 0 Å². The van der Waals surface area contributed by atoms with Gasteiger partial charge in [-0.3, -0.25) is 4.79 Å². The summed E-state index contributed by atoms with van der Waals surface area (Å²) in [6, 6.07) is 0.315. The second-order valence-electron chi connectivity index (χ2n) is 5.60. The number of carbonyl (C=O) groups is 1. The molecule has 0 saturated heterocycles. The molecule has 15 heavy (non-hydrogen) atoms. The molecule has 0 aromatic rings. The number of hydrogen-bond donors (Lipinski definition) is 1. The van der Waals surface area contributed by atoms with E-state index in [1.54, 1.807) is 0 Å². The highest BCUT2D eigenvalue weighted by molar-refractivity contribution is 5.79. The first kappa shape index (κ1) is 12.5. The molecule has 1 fully saturated rings. The molecule has 2 atom stereocenters. The van der Waals surface area contributed by atoms with Crippen molar-refractivity contribution in [3.05, 3.63) is 0 Å². The Labute approximate surface area is 93.8 Å². The quantitative estimate of drug-likeness (QED) is 0.763. The van der Waals surface area contributed by atoms with E-state index < -0.39 is 0 Å². The van der Waals surface area contributed by atoms with Gasteiger partial charge < -0.3 is 5.32 Å². The van der Waals surface area contributed by atoms with Gasteiger partial charge in [0.2, 0.25) is 5.91 Å². The van der Waals surface area contributed by atoms with Gasteiger partial charge in [-0.2, -0.15) is 0 Å². The van der Waals surface area contributed by atoms with E-state index >= 15 is 0 Å². The van der Waals surface area contributed by atoms with Crippen LogP contribution in [-0.2, 0) is 4.79 Å². The molecule has 1 rings (SSSR count). The van der Waals surface area contributed by atoms with Crippen molar-refractivity contribution >= 4 is 5.91 Å². The molecule has 2 unspecified atom stereocenters. The Hall–Kier alpha value is -0.530. The van der Waals surface area contributed by atoms with Crippen molar-refractivity contribution < 1.29 is 4.79 Å². The molecular weight excluding hydrogens is 186 g/mol. The van der Waals surface area contributed by atoms with Crippen LogP contribution in [0.25, 0.3) is 0 Å². The minimum Gasteiger partial charge on any atom is -0.353 e. The van der Waals surface area contributed by atoms with Gasteiger partial charge in [0.25, 0.3) is 0 Å². The maximum Gasteiger partial charge on any atom is 0.223 e. The Morgan fingerprint density at radius 3 is 2.67 bits per heavy atom. The molecule has 2 nitrogen and oxygen atoms in total. The van der Waals surface area contributed by atoms with Gasteiger partial charge in [-0.1, -0.05) is 33.6 Å². The molecule has 2 heteroatoms. The first-order valence-corrected chi connectivity index (χ1v) is 6.27. The topological polar surface area (TPSA) is 29.1 Å². The van der Waals surface area contributed by atoms with Gasteiger partial charge in [-0.05, 0) is 31.6 Å². The molecule has 0 aromatic heterocycles. The van der Waals surface area contributed by atoms with Crippen molar-refractivity contribution in [3.8, 4) is 0 Å². The third-order valence-electron chi connectivity index (χ3n) is 3.82. The van der Waals surface area contributed by atoms with Crippen LogP contribution in [0.1, 0.15) is 59.8 Å². The van der Waals surface area contributed by atoms with Crippen LogP contribution in [0.15, 0.2) is 0 Å². The van der Waals surface area contributed by atoms with Crippen LogP contribution in [0, 0.1) is 11.3 Å². The average Bonchev–Trinajstić information content (AvgIpc) is 2.16. The Morgan fingerprint density at radius 1 is 1.47 bits per heavy atom. The third kappa shape index (κ3) is 3.22. The van der Waals surface area contributed by atoms with Gasteiger partial charge in [0.1, 0.15) is 0 Å². The van der Waals surface area contributed by atoms with Crippen LogP contribution in [0.3, 0.4) is 0 Å². The van der Waals surface area contributed by atoms with Gasteiger partial charge in [0, 0.05) is 12.0 Å². The number of nitrogens with one attached hydrogen (secondary N) is 1. The maximum absolute atomic E-state index is 12.1. The monoisotopic (exact) mass is 211 g/mol. The van der Waals surface area contributed by atoms with Crippen molar-refractivity contribution in [1.82, 2.24) is 5.32 Å². The number of hydrogen-bond acceptors (Lipinski definition) is 1. The van der Waals surface area contributed by atoms with E-state index in [9.17, 15) is 4.79 Å². The molecule has 0 aromatic carbocycles. The first-order valence-electron chi connectivity index (χ1n) is 6.27. The maximum atomic E-state index is 12.1. The number of amides is 1. The van der Waals surface area contributed by atoms with Crippen LogP contribution in [0.2, 0.25) is 0 Å². The molecule has 0 radical (unpaired) electrons. The van der Waals surface area contributed by atoms with Gasteiger partial charge in [-0.25, -0.2) is 0 Å². The highest BCUT2D eigenvalue weighted by atomic mass is 16.2. The first-order chi connectivity index (χ1) is 6.97. The second kappa shape index (κ2) is 5.00. The molecule has 1 amide bonds. The van der Waals surface area contributed by atoms with Gasteiger partial charge >= 0.3 is 0 Å². The summed E-state index contributed by atoms with van der Waals surface area (Å²) in [4.78, 5) is 12.1. The number of rotatable bonds is 3. The van der Waals surface area contributed by atoms with E-state index in [-0.39, 0.29) is 17.2 Å². The van der Waals surface area contributed by atoms with E-state index in [0.717, 1.165) is 12.8 Å². The predicted molar refractivity (Wildman–Crippen MR) is 63.6 cm³/mol. The lowest BCUT2D eigenvalue weighted by atomic mass is 9.68. The van der Waals surface area contributed by atoms with Crippen molar-refractivity contribution in [1.29, 1.82) is 0 Å². The van der Waals surface area contributed by atoms with Crippen LogP contribution in [0.4, 0.5) is 0 Å². The Bertz CT molecular complexity index is 223. The Balaban J connectivity index is 2.57. The molecule has 0 bridgehead atoms. The van der Waals surface area contributed by atoms with E-state index in [2.05, 4.69) is 33.0 Å². The summed E-state index contributed by atoms with van der Waals surface area (Å²) in [6.45, 7) is 8.64. The molecule has 0 aliphatic heterocycles. The fourth-order valence-electron chi connectivity index (χ4n) is 2.43. The van der Waals surface area contributed by atoms with Gasteiger partial charge in [0.05, 0.1) is 0 Å². The fraction of sp³-hybridized carbons (Fsp3) is 0.923. The van der Waals surface area contributed by atoms with Gasteiger partial charge in [-0.15, -0.1) is 0 Å². The summed E-state index contributed by atoms with van der Waals surface area (Å²) in [5.41, 5.74) is 0.190. The van der Waals surface area contributed by atoms with Crippen molar-refractivity contribution in [2.24, 2.45) is 11.3 Å². The molecule has 1 N–H and O–H groups in total. The summed E-state index contributed by atoms with van der Waals surface area (Å²) < 4.78 is 0. The zero-order valence-corrected chi connectivity index (χ0v) is 10.6. The lowest BCUT2D eigenvalue weighted by Gasteiger charge is -2.38. The smallest absolute Gasteiger partial charge is 0.223 e. The highest BCUT2D eigenvalue weighted by Crippen LogP contribution is 2.40. The largest absolute Gasteiger partial charge is 0.353 e. The highest BCUT2D eigenvalue weighted by Gasteiger charge is 2.37.